The highest BCUT2D eigenvalue weighted by molar-refractivity contribution is 5.07. The first-order valence-electron chi connectivity index (χ1n) is 7.22. The molecule has 0 atom stereocenters. The van der Waals surface area contributed by atoms with Crippen molar-refractivity contribution in [2.75, 3.05) is 33.4 Å². The van der Waals surface area contributed by atoms with E-state index < -0.39 is 0 Å². The predicted octanol–water partition coefficient (Wildman–Crippen LogP) is 2.47. The minimum Gasteiger partial charge on any atom is -0.465 e. The zero-order valence-electron chi connectivity index (χ0n) is 12.1. The minimum absolute atomic E-state index is 0.397. The number of hydrogen-bond acceptors (Lipinski definition) is 4. The number of nitrogens with zero attached hydrogens (tertiary/aromatic N) is 1. The molecule has 0 bridgehead atoms. The van der Waals surface area contributed by atoms with Crippen LogP contribution in [-0.4, -0.2) is 44.4 Å². The summed E-state index contributed by atoms with van der Waals surface area (Å²) in [7, 11) is 1.71. The highest BCUT2D eigenvalue weighted by Gasteiger charge is 2.20. The van der Waals surface area contributed by atoms with Gasteiger partial charge in [-0.05, 0) is 25.0 Å². The summed E-state index contributed by atoms with van der Waals surface area (Å²) in [4.78, 5) is 2.44. The van der Waals surface area contributed by atoms with Gasteiger partial charge in [-0.2, -0.15) is 0 Å². The average molecular weight is 267 g/mol. The molecule has 108 valence electrons. The number of rotatable bonds is 7. The van der Waals surface area contributed by atoms with Gasteiger partial charge >= 0.3 is 0 Å². The summed E-state index contributed by atoms with van der Waals surface area (Å²) in [6.45, 7) is 6.60. The third-order valence-corrected chi connectivity index (χ3v) is 3.62. The second-order valence-electron chi connectivity index (χ2n) is 5.06. The van der Waals surface area contributed by atoms with E-state index in [0.717, 1.165) is 50.4 Å². The molecule has 1 aromatic rings. The van der Waals surface area contributed by atoms with Crippen LogP contribution in [0.3, 0.4) is 0 Å². The van der Waals surface area contributed by atoms with E-state index >= 15 is 0 Å². The molecule has 0 spiro atoms. The second kappa shape index (κ2) is 7.68. The van der Waals surface area contributed by atoms with E-state index in [2.05, 4.69) is 24.0 Å². The van der Waals surface area contributed by atoms with Crippen LogP contribution in [0.2, 0.25) is 0 Å². The number of ether oxygens (including phenoxy) is 2. The molecule has 4 heteroatoms. The third kappa shape index (κ3) is 4.64. The van der Waals surface area contributed by atoms with Crippen LogP contribution in [0.1, 0.15) is 31.3 Å². The van der Waals surface area contributed by atoms with Crippen molar-refractivity contribution >= 4 is 0 Å². The van der Waals surface area contributed by atoms with Gasteiger partial charge in [-0.3, -0.25) is 4.90 Å². The van der Waals surface area contributed by atoms with Crippen LogP contribution in [-0.2, 0) is 22.4 Å². The molecule has 1 aromatic heterocycles. The molecule has 2 rings (SSSR count). The monoisotopic (exact) mass is 267 g/mol. The van der Waals surface area contributed by atoms with Crippen molar-refractivity contribution in [2.24, 2.45) is 0 Å². The summed E-state index contributed by atoms with van der Waals surface area (Å²) >= 11 is 0. The number of likely N-dealkylation sites (tertiary alicyclic amines) is 1. The summed E-state index contributed by atoms with van der Waals surface area (Å²) in [5.74, 6) is 2.16. The Hall–Kier alpha value is -0.840. The molecule has 1 saturated heterocycles. The fraction of sp³-hybridized carbons (Fsp3) is 0.733. The van der Waals surface area contributed by atoms with Crippen LogP contribution in [0, 0.1) is 0 Å². The lowest BCUT2D eigenvalue weighted by Gasteiger charge is -2.31. The van der Waals surface area contributed by atoms with Crippen molar-refractivity contribution in [1.82, 2.24) is 4.90 Å². The molecule has 4 nitrogen and oxygen atoms in total. The highest BCUT2D eigenvalue weighted by atomic mass is 16.5. The summed E-state index contributed by atoms with van der Waals surface area (Å²) in [6.07, 6.45) is 3.57. The molecular formula is C15H25NO3. The second-order valence-corrected chi connectivity index (χ2v) is 5.06. The zero-order valence-corrected chi connectivity index (χ0v) is 12.1. The van der Waals surface area contributed by atoms with Gasteiger partial charge in [0.1, 0.15) is 11.5 Å². The zero-order chi connectivity index (χ0) is 13.5. The molecule has 1 aliphatic rings. The standard InChI is InChI=1S/C15H25NO3/c1-3-13-4-5-15(19-13)12-16-8-6-14(7-9-16)18-11-10-17-2/h4-5,14H,3,6-12H2,1-2H3. The Balaban J connectivity index is 1.68. The molecule has 2 heterocycles. The molecular weight excluding hydrogens is 242 g/mol. The van der Waals surface area contributed by atoms with Gasteiger partial charge in [0, 0.05) is 26.6 Å². The van der Waals surface area contributed by atoms with Gasteiger partial charge in [0.2, 0.25) is 0 Å². The Bertz CT molecular complexity index is 356. The van der Waals surface area contributed by atoms with E-state index in [-0.39, 0.29) is 0 Å². The van der Waals surface area contributed by atoms with Gasteiger partial charge in [0.15, 0.2) is 0 Å². The summed E-state index contributed by atoms with van der Waals surface area (Å²) in [6, 6.07) is 4.18. The number of hydrogen-bond donors (Lipinski definition) is 0. The summed E-state index contributed by atoms with van der Waals surface area (Å²) in [5, 5.41) is 0. The summed E-state index contributed by atoms with van der Waals surface area (Å²) < 4.78 is 16.5. The Morgan fingerprint density at radius 3 is 2.58 bits per heavy atom. The number of aryl methyl sites for hydroxylation is 1. The average Bonchev–Trinajstić information content (AvgIpc) is 2.89. The number of methoxy groups -OCH3 is 1. The lowest BCUT2D eigenvalue weighted by atomic mass is 10.1. The molecule has 1 aliphatic heterocycles. The van der Waals surface area contributed by atoms with E-state index in [1.54, 1.807) is 7.11 Å². The Morgan fingerprint density at radius 2 is 1.95 bits per heavy atom. The van der Waals surface area contributed by atoms with Crippen LogP contribution in [0.15, 0.2) is 16.5 Å². The Morgan fingerprint density at radius 1 is 1.21 bits per heavy atom. The van der Waals surface area contributed by atoms with Crippen LogP contribution in [0.5, 0.6) is 0 Å². The van der Waals surface area contributed by atoms with Gasteiger partial charge in [-0.1, -0.05) is 6.92 Å². The Kier molecular flexibility index (Phi) is 5.89. The maximum atomic E-state index is 5.77. The van der Waals surface area contributed by atoms with Gasteiger partial charge in [-0.25, -0.2) is 0 Å². The van der Waals surface area contributed by atoms with Crippen LogP contribution in [0.4, 0.5) is 0 Å². The minimum atomic E-state index is 0.397. The lowest BCUT2D eigenvalue weighted by molar-refractivity contribution is -0.0166. The van der Waals surface area contributed by atoms with E-state index in [1.807, 2.05) is 0 Å². The third-order valence-electron chi connectivity index (χ3n) is 3.62. The maximum Gasteiger partial charge on any atom is 0.118 e. The molecule has 19 heavy (non-hydrogen) atoms. The van der Waals surface area contributed by atoms with Gasteiger partial charge in [-0.15, -0.1) is 0 Å². The van der Waals surface area contributed by atoms with Crippen molar-refractivity contribution in [2.45, 2.75) is 38.8 Å². The van der Waals surface area contributed by atoms with Gasteiger partial charge < -0.3 is 13.9 Å². The molecule has 0 radical (unpaired) electrons. The van der Waals surface area contributed by atoms with E-state index in [4.69, 9.17) is 13.9 Å². The molecule has 0 N–H and O–H groups in total. The first-order chi connectivity index (χ1) is 9.31. The summed E-state index contributed by atoms with van der Waals surface area (Å²) in [5.41, 5.74) is 0. The smallest absolute Gasteiger partial charge is 0.118 e. The SMILES string of the molecule is CCc1ccc(CN2CCC(OCCOC)CC2)o1. The fourth-order valence-corrected chi connectivity index (χ4v) is 2.45. The van der Waals surface area contributed by atoms with Crippen LogP contribution < -0.4 is 0 Å². The van der Waals surface area contributed by atoms with E-state index in [9.17, 15) is 0 Å². The molecule has 1 fully saturated rings. The first-order valence-corrected chi connectivity index (χ1v) is 7.22. The topological polar surface area (TPSA) is 34.8 Å². The van der Waals surface area contributed by atoms with Gasteiger partial charge in [0.25, 0.3) is 0 Å². The van der Waals surface area contributed by atoms with E-state index in [0.29, 0.717) is 19.3 Å². The van der Waals surface area contributed by atoms with Crippen molar-refractivity contribution < 1.29 is 13.9 Å². The molecule has 0 unspecified atom stereocenters. The van der Waals surface area contributed by atoms with Crippen LogP contribution in [0.25, 0.3) is 0 Å². The predicted molar refractivity (Wildman–Crippen MR) is 74.2 cm³/mol. The van der Waals surface area contributed by atoms with Crippen LogP contribution >= 0.6 is 0 Å². The highest BCUT2D eigenvalue weighted by Crippen LogP contribution is 2.17. The maximum absolute atomic E-state index is 5.77. The molecule has 0 aliphatic carbocycles. The largest absolute Gasteiger partial charge is 0.465 e. The quantitative estimate of drug-likeness (QED) is 0.711. The molecule has 0 amide bonds. The van der Waals surface area contributed by atoms with Crippen molar-refractivity contribution in [3.8, 4) is 0 Å². The first kappa shape index (κ1) is 14.6. The lowest BCUT2D eigenvalue weighted by Crippen LogP contribution is -2.36. The molecule has 0 aromatic carbocycles. The van der Waals surface area contributed by atoms with Crippen molar-refractivity contribution in [3.05, 3.63) is 23.7 Å². The number of furan rings is 1. The van der Waals surface area contributed by atoms with Crippen molar-refractivity contribution in [3.63, 3.8) is 0 Å². The number of piperidine rings is 1. The van der Waals surface area contributed by atoms with Crippen molar-refractivity contribution in [1.29, 1.82) is 0 Å². The Labute approximate surface area is 115 Å². The van der Waals surface area contributed by atoms with Gasteiger partial charge in [0.05, 0.1) is 25.9 Å². The molecule has 0 saturated carbocycles. The normalized spacial score (nSPS) is 18.0. The van der Waals surface area contributed by atoms with E-state index in [1.165, 1.54) is 0 Å². The fourth-order valence-electron chi connectivity index (χ4n) is 2.45.